The van der Waals surface area contributed by atoms with Gasteiger partial charge in [-0.05, 0) is 49.2 Å². The second-order valence-electron chi connectivity index (χ2n) is 6.01. The molecule has 0 spiro atoms. The first-order chi connectivity index (χ1) is 11.9. The highest BCUT2D eigenvalue weighted by Gasteiger charge is 2.14. The molecule has 4 N–H and O–H groups in total. The van der Waals surface area contributed by atoms with Crippen LogP contribution in [0.4, 0.5) is 10.1 Å². The third-order valence-electron chi connectivity index (χ3n) is 3.88. The summed E-state index contributed by atoms with van der Waals surface area (Å²) in [6, 6.07) is 10.7. The van der Waals surface area contributed by atoms with Crippen molar-refractivity contribution in [3.63, 3.8) is 0 Å². The Bertz CT molecular complexity index is 783. The van der Waals surface area contributed by atoms with Gasteiger partial charge >= 0.3 is 0 Å². The van der Waals surface area contributed by atoms with E-state index in [-0.39, 0.29) is 29.8 Å². The molecule has 0 radical (unpaired) electrons. The highest BCUT2D eigenvalue weighted by Crippen LogP contribution is 2.19. The predicted octanol–water partition coefficient (Wildman–Crippen LogP) is 3.13. The molecule has 0 aliphatic rings. The molecule has 0 saturated heterocycles. The molecule has 5 nitrogen and oxygen atoms in total. The van der Waals surface area contributed by atoms with Crippen LogP contribution < -0.4 is 16.4 Å². The summed E-state index contributed by atoms with van der Waals surface area (Å²) < 4.78 is 13.7. The number of halogens is 2. The minimum absolute atomic E-state index is 0. The fourth-order valence-corrected chi connectivity index (χ4v) is 2.19. The number of hydrogen-bond acceptors (Lipinski definition) is 3. The summed E-state index contributed by atoms with van der Waals surface area (Å²) in [5.74, 6) is -1.23. The molecular weight excluding hydrogens is 357 g/mol. The van der Waals surface area contributed by atoms with Crippen molar-refractivity contribution >= 4 is 29.9 Å². The molecule has 2 amide bonds. The number of anilines is 1. The summed E-state index contributed by atoms with van der Waals surface area (Å²) in [6.07, 6.45) is 0. The van der Waals surface area contributed by atoms with Gasteiger partial charge in [-0.3, -0.25) is 9.59 Å². The van der Waals surface area contributed by atoms with E-state index >= 15 is 0 Å². The van der Waals surface area contributed by atoms with Crippen LogP contribution in [0.25, 0.3) is 0 Å². The maximum atomic E-state index is 13.7. The second kappa shape index (κ2) is 9.89. The standard InChI is InChI=1S/C19H22FN3O2.ClH/c1-12(10-21)11-22-18(24)14-8-7-13(2)17(9-14)23-19(25)15-5-3-4-6-16(15)20;/h3-9,12H,10-11,21H2,1-2H3,(H,22,24)(H,23,25);1H. The molecule has 1 unspecified atom stereocenters. The molecule has 0 aliphatic carbocycles. The third-order valence-corrected chi connectivity index (χ3v) is 3.88. The number of carbonyl (C=O) groups excluding carboxylic acids is 2. The molecule has 1 atom stereocenters. The SMILES string of the molecule is Cc1ccc(C(=O)NCC(C)CN)cc1NC(=O)c1ccccc1F.Cl. The lowest BCUT2D eigenvalue weighted by molar-refractivity contribution is 0.0947. The van der Waals surface area contributed by atoms with Crippen LogP contribution in [0.3, 0.4) is 0 Å². The highest BCUT2D eigenvalue weighted by molar-refractivity contribution is 6.05. The molecule has 0 heterocycles. The molecule has 26 heavy (non-hydrogen) atoms. The number of hydrogen-bond donors (Lipinski definition) is 3. The molecule has 2 rings (SSSR count). The fraction of sp³-hybridized carbons (Fsp3) is 0.263. The lowest BCUT2D eigenvalue weighted by atomic mass is 10.1. The van der Waals surface area contributed by atoms with Crippen LogP contribution >= 0.6 is 12.4 Å². The van der Waals surface area contributed by atoms with Gasteiger partial charge in [0.1, 0.15) is 5.82 Å². The predicted molar refractivity (Wildman–Crippen MR) is 103 cm³/mol. The number of nitrogens with two attached hydrogens (primary N) is 1. The Labute approximate surface area is 158 Å². The van der Waals surface area contributed by atoms with Crippen LogP contribution in [0.15, 0.2) is 42.5 Å². The van der Waals surface area contributed by atoms with E-state index in [1.54, 1.807) is 31.2 Å². The van der Waals surface area contributed by atoms with Gasteiger partial charge in [-0.1, -0.05) is 25.1 Å². The molecule has 0 fully saturated rings. The Morgan fingerprint density at radius 2 is 1.85 bits per heavy atom. The van der Waals surface area contributed by atoms with E-state index in [0.717, 1.165) is 5.56 Å². The van der Waals surface area contributed by atoms with Crippen molar-refractivity contribution in [2.75, 3.05) is 18.4 Å². The van der Waals surface area contributed by atoms with E-state index in [1.165, 1.54) is 18.2 Å². The van der Waals surface area contributed by atoms with E-state index in [0.29, 0.717) is 24.3 Å². The number of nitrogens with one attached hydrogen (secondary N) is 2. The zero-order chi connectivity index (χ0) is 18.4. The number of rotatable bonds is 6. The average Bonchev–Trinajstić information content (AvgIpc) is 2.61. The van der Waals surface area contributed by atoms with Crippen molar-refractivity contribution in [1.82, 2.24) is 5.32 Å². The highest BCUT2D eigenvalue weighted by atomic mass is 35.5. The maximum Gasteiger partial charge on any atom is 0.258 e. The van der Waals surface area contributed by atoms with E-state index in [9.17, 15) is 14.0 Å². The third kappa shape index (κ3) is 5.54. The van der Waals surface area contributed by atoms with Gasteiger partial charge in [0.05, 0.1) is 5.56 Å². The molecule has 0 bridgehead atoms. The van der Waals surface area contributed by atoms with Crippen molar-refractivity contribution < 1.29 is 14.0 Å². The quantitative estimate of drug-likeness (QED) is 0.720. The van der Waals surface area contributed by atoms with Gasteiger partial charge < -0.3 is 16.4 Å². The minimum atomic E-state index is -0.595. The van der Waals surface area contributed by atoms with Crippen molar-refractivity contribution in [2.45, 2.75) is 13.8 Å². The first-order valence-electron chi connectivity index (χ1n) is 8.07. The van der Waals surface area contributed by atoms with Crippen LogP contribution in [-0.2, 0) is 0 Å². The normalized spacial score (nSPS) is 11.2. The molecule has 2 aromatic rings. The van der Waals surface area contributed by atoms with Crippen LogP contribution in [0.2, 0.25) is 0 Å². The summed E-state index contributed by atoms with van der Waals surface area (Å²) >= 11 is 0. The van der Waals surface area contributed by atoms with Gasteiger partial charge in [0, 0.05) is 17.8 Å². The number of amides is 2. The molecule has 140 valence electrons. The largest absolute Gasteiger partial charge is 0.352 e. The van der Waals surface area contributed by atoms with Gasteiger partial charge in [0.15, 0.2) is 0 Å². The second-order valence-corrected chi connectivity index (χ2v) is 6.01. The smallest absolute Gasteiger partial charge is 0.258 e. The molecule has 0 aliphatic heterocycles. The Morgan fingerprint density at radius 1 is 1.15 bits per heavy atom. The lowest BCUT2D eigenvalue weighted by Gasteiger charge is -2.13. The summed E-state index contributed by atoms with van der Waals surface area (Å²) in [4.78, 5) is 24.5. The topological polar surface area (TPSA) is 84.2 Å². The van der Waals surface area contributed by atoms with E-state index in [4.69, 9.17) is 5.73 Å². The fourth-order valence-electron chi connectivity index (χ4n) is 2.19. The number of aryl methyl sites for hydroxylation is 1. The molecule has 0 aromatic heterocycles. The summed E-state index contributed by atoms with van der Waals surface area (Å²) in [7, 11) is 0. The van der Waals surface area contributed by atoms with Gasteiger partial charge in [0.2, 0.25) is 0 Å². The zero-order valence-electron chi connectivity index (χ0n) is 14.7. The van der Waals surface area contributed by atoms with Crippen LogP contribution in [0.1, 0.15) is 33.2 Å². The van der Waals surface area contributed by atoms with Gasteiger partial charge in [-0.25, -0.2) is 4.39 Å². The summed E-state index contributed by atoms with van der Waals surface area (Å²) in [6.45, 7) is 4.70. The van der Waals surface area contributed by atoms with E-state index in [2.05, 4.69) is 10.6 Å². The van der Waals surface area contributed by atoms with Gasteiger partial charge in [-0.15, -0.1) is 12.4 Å². The Hall–Kier alpha value is -2.44. The van der Waals surface area contributed by atoms with Crippen LogP contribution in [0.5, 0.6) is 0 Å². The Balaban J connectivity index is 0.00000338. The van der Waals surface area contributed by atoms with Crippen molar-refractivity contribution in [2.24, 2.45) is 11.7 Å². The first-order valence-corrected chi connectivity index (χ1v) is 8.07. The monoisotopic (exact) mass is 379 g/mol. The molecule has 7 heteroatoms. The van der Waals surface area contributed by atoms with E-state index < -0.39 is 11.7 Å². The van der Waals surface area contributed by atoms with Crippen LogP contribution in [0, 0.1) is 18.7 Å². The average molecular weight is 380 g/mol. The number of benzene rings is 2. The Morgan fingerprint density at radius 3 is 2.50 bits per heavy atom. The lowest BCUT2D eigenvalue weighted by Crippen LogP contribution is -2.31. The summed E-state index contributed by atoms with van der Waals surface area (Å²) in [5.41, 5.74) is 7.14. The molecular formula is C19H23ClFN3O2. The maximum absolute atomic E-state index is 13.7. The molecule has 2 aromatic carbocycles. The number of carbonyl (C=O) groups is 2. The summed E-state index contributed by atoms with van der Waals surface area (Å²) in [5, 5.41) is 5.46. The van der Waals surface area contributed by atoms with Crippen molar-refractivity contribution in [3.8, 4) is 0 Å². The molecule has 0 saturated carbocycles. The Kier molecular flexibility index (Phi) is 8.22. The van der Waals surface area contributed by atoms with E-state index in [1.807, 2.05) is 6.92 Å². The van der Waals surface area contributed by atoms with Crippen molar-refractivity contribution in [1.29, 1.82) is 0 Å². The zero-order valence-corrected chi connectivity index (χ0v) is 15.5. The van der Waals surface area contributed by atoms with Gasteiger partial charge in [0.25, 0.3) is 11.8 Å². The van der Waals surface area contributed by atoms with Crippen LogP contribution in [-0.4, -0.2) is 24.9 Å². The first kappa shape index (κ1) is 21.6. The van der Waals surface area contributed by atoms with Crippen molar-refractivity contribution in [3.05, 3.63) is 65.0 Å². The van der Waals surface area contributed by atoms with Gasteiger partial charge in [-0.2, -0.15) is 0 Å². The minimum Gasteiger partial charge on any atom is -0.352 e.